The maximum absolute atomic E-state index is 10.7. The molecule has 0 saturated carbocycles. The van der Waals surface area contributed by atoms with Crippen molar-refractivity contribution in [2.24, 2.45) is 0 Å². The molecule has 0 bridgehead atoms. The molecule has 1 rings (SSSR count). The first kappa shape index (κ1) is 10.7. The van der Waals surface area contributed by atoms with Gasteiger partial charge in [0.15, 0.2) is 0 Å². The predicted molar refractivity (Wildman–Crippen MR) is 49.5 cm³/mol. The van der Waals surface area contributed by atoms with Gasteiger partial charge in [0.1, 0.15) is 11.6 Å². The Balaban J connectivity index is 2.97. The number of carbonyl (C=O) groups is 1. The molecule has 0 aromatic heterocycles. The van der Waals surface area contributed by atoms with E-state index >= 15 is 0 Å². The molecule has 0 unspecified atom stereocenters. The monoisotopic (exact) mass is 195 g/mol. The van der Waals surface area contributed by atoms with Crippen LogP contribution in [-0.2, 0) is 9.53 Å². The van der Waals surface area contributed by atoms with Crippen molar-refractivity contribution in [1.82, 2.24) is 0 Å². The van der Waals surface area contributed by atoms with Crippen LogP contribution in [0.4, 0.5) is 0 Å². The lowest BCUT2D eigenvalue weighted by Crippen LogP contribution is -2.31. The zero-order valence-corrected chi connectivity index (χ0v) is 8.33. The van der Waals surface area contributed by atoms with E-state index in [9.17, 15) is 4.79 Å². The molecule has 4 nitrogen and oxygen atoms in total. The van der Waals surface area contributed by atoms with Gasteiger partial charge in [-0.3, -0.25) is 0 Å². The second-order valence-electron chi connectivity index (χ2n) is 3.93. The second-order valence-corrected chi connectivity index (χ2v) is 3.93. The zero-order chi connectivity index (χ0) is 10.8. The summed E-state index contributed by atoms with van der Waals surface area (Å²) in [6, 6.07) is 1.73. The number of ether oxygens (including phenoxy) is 1. The van der Waals surface area contributed by atoms with Gasteiger partial charge < -0.3 is 9.84 Å². The summed E-state index contributed by atoms with van der Waals surface area (Å²) in [5.41, 5.74) is 0.211. The summed E-state index contributed by atoms with van der Waals surface area (Å²) in [5, 5.41) is 17.5. The fourth-order valence-electron chi connectivity index (χ4n) is 1.60. The van der Waals surface area contributed by atoms with Gasteiger partial charge in [0.2, 0.25) is 0 Å². The van der Waals surface area contributed by atoms with Crippen molar-refractivity contribution >= 4 is 5.97 Å². The molecule has 1 saturated heterocycles. The lowest BCUT2D eigenvalue weighted by Gasteiger charge is -2.31. The third-order valence-corrected chi connectivity index (χ3v) is 2.21. The molecular formula is C10H13NO3. The molecule has 14 heavy (non-hydrogen) atoms. The minimum Gasteiger partial charge on any atom is -0.477 e. The first-order valence-electron chi connectivity index (χ1n) is 4.45. The molecule has 76 valence electrons. The van der Waals surface area contributed by atoms with Crippen molar-refractivity contribution in [2.75, 3.05) is 6.61 Å². The van der Waals surface area contributed by atoms with E-state index in [-0.39, 0.29) is 11.2 Å². The van der Waals surface area contributed by atoms with Crippen LogP contribution >= 0.6 is 0 Å². The predicted octanol–water partition coefficient (Wildman–Crippen LogP) is 1.48. The highest BCUT2D eigenvalue weighted by molar-refractivity contribution is 5.92. The molecule has 1 N–H and O–H groups in total. The molecule has 1 aliphatic rings. The fourth-order valence-corrected chi connectivity index (χ4v) is 1.60. The van der Waals surface area contributed by atoms with Gasteiger partial charge in [-0.05, 0) is 32.3 Å². The number of nitrogens with zero attached hydrogens (tertiary/aromatic N) is 1. The van der Waals surface area contributed by atoms with E-state index < -0.39 is 5.97 Å². The van der Waals surface area contributed by atoms with Gasteiger partial charge in [-0.15, -0.1) is 0 Å². The summed E-state index contributed by atoms with van der Waals surface area (Å²) in [6.07, 6.45) is 1.06. The number of rotatable bonds is 1. The van der Waals surface area contributed by atoms with Crippen LogP contribution in [0.3, 0.4) is 0 Å². The molecule has 0 aromatic carbocycles. The topological polar surface area (TPSA) is 70.3 Å². The first-order valence-corrected chi connectivity index (χ1v) is 4.45. The SMILES string of the molecule is CC1(C)C/C(=C(\C#N)C(=O)O)CCO1. The highest BCUT2D eigenvalue weighted by Crippen LogP contribution is 2.29. The van der Waals surface area contributed by atoms with Gasteiger partial charge in [-0.1, -0.05) is 0 Å². The summed E-state index contributed by atoms with van der Waals surface area (Å²) in [5.74, 6) is -1.14. The summed E-state index contributed by atoms with van der Waals surface area (Å²) in [6.45, 7) is 4.27. The first-order chi connectivity index (χ1) is 6.46. The Morgan fingerprint density at radius 1 is 1.64 bits per heavy atom. The van der Waals surface area contributed by atoms with Gasteiger partial charge in [-0.25, -0.2) is 4.79 Å². The maximum atomic E-state index is 10.7. The number of hydrogen-bond donors (Lipinski definition) is 1. The highest BCUT2D eigenvalue weighted by atomic mass is 16.5. The van der Waals surface area contributed by atoms with Crippen molar-refractivity contribution in [3.05, 3.63) is 11.1 Å². The molecule has 0 radical (unpaired) electrons. The number of carboxylic acids is 1. The lowest BCUT2D eigenvalue weighted by atomic mass is 9.90. The number of nitriles is 1. The molecule has 0 spiro atoms. The highest BCUT2D eigenvalue weighted by Gasteiger charge is 2.28. The standard InChI is InChI=1S/C10H13NO3/c1-10(2)5-7(3-4-14-10)8(6-11)9(12)13/h3-5H2,1-2H3,(H,12,13)/b8-7+. The molecule has 4 heteroatoms. The zero-order valence-electron chi connectivity index (χ0n) is 8.33. The van der Waals surface area contributed by atoms with Crippen molar-refractivity contribution in [2.45, 2.75) is 32.3 Å². The molecule has 0 aliphatic carbocycles. The Kier molecular flexibility index (Phi) is 2.92. The number of aliphatic carboxylic acids is 1. The number of carboxylic acid groups (broad SMARTS) is 1. The minimum atomic E-state index is -1.14. The van der Waals surface area contributed by atoms with Crippen molar-refractivity contribution < 1.29 is 14.6 Å². The summed E-state index contributed by atoms with van der Waals surface area (Å²) < 4.78 is 5.43. The fraction of sp³-hybridized carbons (Fsp3) is 0.600. The lowest BCUT2D eigenvalue weighted by molar-refractivity contribution is -0.132. The largest absolute Gasteiger partial charge is 0.477 e. The van der Waals surface area contributed by atoms with Gasteiger partial charge in [0.05, 0.1) is 12.2 Å². The molecule has 1 fully saturated rings. The molecule has 0 amide bonds. The van der Waals surface area contributed by atoms with Crippen LogP contribution in [0.5, 0.6) is 0 Å². The molecule has 1 aliphatic heterocycles. The van der Waals surface area contributed by atoms with E-state index in [0.29, 0.717) is 25.0 Å². The Labute approximate surface area is 82.8 Å². The molecule has 1 heterocycles. The van der Waals surface area contributed by atoms with Crippen molar-refractivity contribution in [3.63, 3.8) is 0 Å². The van der Waals surface area contributed by atoms with E-state index in [0.717, 1.165) is 0 Å². The van der Waals surface area contributed by atoms with Gasteiger partial charge in [0.25, 0.3) is 0 Å². The quantitative estimate of drug-likeness (QED) is 0.508. The molecular weight excluding hydrogens is 182 g/mol. The second kappa shape index (κ2) is 3.81. The van der Waals surface area contributed by atoms with Crippen LogP contribution in [-0.4, -0.2) is 23.3 Å². The van der Waals surface area contributed by atoms with Crippen LogP contribution in [0.15, 0.2) is 11.1 Å². The van der Waals surface area contributed by atoms with E-state index in [2.05, 4.69) is 0 Å². The van der Waals surface area contributed by atoms with Gasteiger partial charge >= 0.3 is 5.97 Å². The van der Waals surface area contributed by atoms with E-state index in [4.69, 9.17) is 15.1 Å². The molecule has 0 aromatic rings. The third kappa shape index (κ3) is 2.33. The average Bonchev–Trinajstić information content (AvgIpc) is 2.02. The normalized spacial score (nSPS) is 23.8. The summed E-state index contributed by atoms with van der Waals surface area (Å²) in [7, 11) is 0. The van der Waals surface area contributed by atoms with Crippen LogP contribution in [0.1, 0.15) is 26.7 Å². The minimum absolute atomic E-state index is 0.124. The Morgan fingerprint density at radius 3 is 2.71 bits per heavy atom. The average molecular weight is 195 g/mol. The Morgan fingerprint density at radius 2 is 2.29 bits per heavy atom. The molecule has 0 atom stereocenters. The Hall–Kier alpha value is -1.34. The number of hydrogen-bond acceptors (Lipinski definition) is 3. The van der Waals surface area contributed by atoms with Crippen molar-refractivity contribution in [1.29, 1.82) is 5.26 Å². The third-order valence-electron chi connectivity index (χ3n) is 2.21. The van der Waals surface area contributed by atoms with Crippen LogP contribution in [0.25, 0.3) is 0 Å². The van der Waals surface area contributed by atoms with Gasteiger partial charge in [-0.2, -0.15) is 5.26 Å². The van der Waals surface area contributed by atoms with E-state index in [1.165, 1.54) is 0 Å². The van der Waals surface area contributed by atoms with Crippen molar-refractivity contribution in [3.8, 4) is 6.07 Å². The smallest absolute Gasteiger partial charge is 0.346 e. The van der Waals surface area contributed by atoms with E-state index in [1.807, 2.05) is 13.8 Å². The van der Waals surface area contributed by atoms with Crippen LogP contribution in [0, 0.1) is 11.3 Å². The Bertz CT molecular complexity index is 323. The van der Waals surface area contributed by atoms with E-state index in [1.54, 1.807) is 6.07 Å². The summed E-state index contributed by atoms with van der Waals surface area (Å²) in [4.78, 5) is 10.7. The summed E-state index contributed by atoms with van der Waals surface area (Å²) >= 11 is 0. The van der Waals surface area contributed by atoms with Gasteiger partial charge in [0, 0.05) is 0 Å². The van der Waals surface area contributed by atoms with Crippen LogP contribution < -0.4 is 0 Å². The maximum Gasteiger partial charge on any atom is 0.346 e. The van der Waals surface area contributed by atoms with Crippen LogP contribution in [0.2, 0.25) is 0 Å².